The molecule has 1 N–H and O–H groups in total. The number of anilines is 1. The number of nitrogens with zero attached hydrogens (tertiary/aromatic N) is 1. The first-order chi connectivity index (χ1) is 8.22. The number of rotatable bonds is 5. The summed E-state index contributed by atoms with van der Waals surface area (Å²) in [6, 6.07) is 8.22. The Balaban J connectivity index is 2.16. The van der Waals surface area contributed by atoms with E-state index in [1.54, 1.807) is 0 Å². The number of hydrogen-bond acceptors (Lipinski definition) is 2. The van der Waals surface area contributed by atoms with Gasteiger partial charge < -0.3 is 10.0 Å². The first kappa shape index (κ1) is 12.4. The van der Waals surface area contributed by atoms with Crippen LogP contribution in [-0.2, 0) is 0 Å². The van der Waals surface area contributed by atoms with Gasteiger partial charge in [-0.2, -0.15) is 0 Å². The first-order valence-electron chi connectivity index (χ1n) is 6.74. The zero-order valence-electron chi connectivity index (χ0n) is 10.9. The molecule has 1 aromatic carbocycles. The molecular formula is C15H23NO. The van der Waals surface area contributed by atoms with Crippen LogP contribution in [0.15, 0.2) is 24.3 Å². The SMILES string of the molecule is CCN(CC1CCC1)c1ccccc1[C@@H](C)O. The lowest BCUT2D eigenvalue weighted by Crippen LogP contribution is -2.33. The maximum absolute atomic E-state index is 9.83. The van der Waals surface area contributed by atoms with Crippen LogP contribution < -0.4 is 4.90 Å². The molecule has 1 atom stereocenters. The van der Waals surface area contributed by atoms with E-state index in [2.05, 4.69) is 24.0 Å². The minimum atomic E-state index is -0.387. The Morgan fingerprint density at radius 1 is 1.35 bits per heavy atom. The standard InChI is InChI=1S/C15H23NO/c1-3-16(11-13-7-6-8-13)15-10-5-4-9-14(15)12(2)17/h4-5,9-10,12-13,17H,3,6-8,11H2,1-2H3/t12-/m1/s1. The molecule has 0 bridgehead atoms. The van der Waals surface area contributed by atoms with Gasteiger partial charge in [-0.1, -0.05) is 24.6 Å². The average molecular weight is 233 g/mol. The molecule has 1 aliphatic rings. The summed E-state index contributed by atoms with van der Waals surface area (Å²) in [6.45, 7) is 6.19. The smallest absolute Gasteiger partial charge is 0.0781 e. The van der Waals surface area contributed by atoms with E-state index >= 15 is 0 Å². The van der Waals surface area contributed by atoms with E-state index in [0.717, 1.165) is 24.6 Å². The molecule has 2 nitrogen and oxygen atoms in total. The van der Waals surface area contributed by atoms with Crippen molar-refractivity contribution in [3.63, 3.8) is 0 Å². The van der Waals surface area contributed by atoms with E-state index < -0.39 is 0 Å². The largest absolute Gasteiger partial charge is 0.389 e. The molecule has 1 saturated carbocycles. The molecule has 0 amide bonds. The maximum Gasteiger partial charge on any atom is 0.0781 e. The molecule has 94 valence electrons. The fourth-order valence-electron chi connectivity index (χ4n) is 2.51. The van der Waals surface area contributed by atoms with Crippen molar-refractivity contribution in [3.8, 4) is 0 Å². The number of aliphatic hydroxyl groups is 1. The highest BCUT2D eigenvalue weighted by molar-refractivity contribution is 5.54. The summed E-state index contributed by atoms with van der Waals surface area (Å²) in [7, 11) is 0. The summed E-state index contributed by atoms with van der Waals surface area (Å²) in [5.41, 5.74) is 2.26. The molecule has 0 saturated heterocycles. The Morgan fingerprint density at radius 3 is 2.59 bits per heavy atom. The van der Waals surface area contributed by atoms with Crippen LogP contribution >= 0.6 is 0 Å². The summed E-state index contributed by atoms with van der Waals surface area (Å²) in [6.07, 6.45) is 3.74. The lowest BCUT2D eigenvalue weighted by molar-refractivity contribution is 0.199. The quantitative estimate of drug-likeness (QED) is 0.843. The van der Waals surface area contributed by atoms with Crippen molar-refractivity contribution in [2.45, 2.75) is 39.2 Å². The van der Waals surface area contributed by atoms with Gasteiger partial charge in [0.25, 0.3) is 0 Å². The minimum absolute atomic E-state index is 0.387. The molecule has 0 unspecified atom stereocenters. The van der Waals surface area contributed by atoms with Crippen LogP contribution in [0.3, 0.4) is 0 Å². The maximum atomic E-state index is 9.83. The third-order valence-corrected chi connectivity index (χ3v) is 3.81. The minimum Gasteiger partial charge on any atom is -0.389 e. The second-order valence-corrected chi connectivity index (χ2v) is 5.07. The van der Waals surface area contributed by atoms with E-state index in [-0.39, 0.29) is 6.10 Å². The summed E-state index contributed by atoms with van der Waals surface area (Å²) in [5.74, 6) is 0.858. The Labute approximate surface area is 104 Å². The molecular weight excluding hydrogens is 210 g/mol. The van der Waals surface area contributed by atoms with E-state index in [1.165, 1.54) is 24.9 Å². The number of aliphatic hydroxyl groups excluding tert-OH is 1. The molecule has 0 spiro atoms. The van der Waals surface area contributed by atoms with Crippen LogP contribution in [0.4, 0.5) is 5.69 Å². The molecule has 17 heavy (non-hydrogen) atoms. The Kier molecular flexibility index (Phi) is 4.06. The average Bonchev–Trinajstić information content (AvgIpc) is 2.28. The highest BCUT2D eigenvalue weighted by atomic mass is 16.3. The van der Waals surface area contributed by atoms with Gasteiger partial charge in [-0.15, -0.1) is 0 Å². The second-order valence-electron chi connectivity index (χ2n) is 5.07. The van der Waals surface area contributed by atoms with Gasteiger partial charge in [-0.25, -0.2) is 0 Å². The van der Waals surface area contributed by atoms with Gasteiger partial charge in [0.05, 0.1) is 6.10 Å². The summed E-state index contributed by atoms with van der Waals surface area (Å²) in [4.78, 5) is 2.41. The molecule has 1 aliphatic carbocycles. The molecule has 1 fully saturated rings. The summed E-state index contributed by atoms with van der Waals surface area (Å²) >= 11 is 0. The molecule has 1 aromatic rings. The predicted molar refractivity (Wildman–Crippen MR) is 72.3 cm³/mol. The Hall–Kier alpha value is -1.02. The summed E-state index contributed by atoms with van der Waals surface area (Å²) in [5, 5.41) is 9.83. The lowest BCUT2D eigenvalue weighted by Gasteiger charge is -2.34. The van der Waals surface area contributed by atoms with E-state index in [9.17, 15) is 5.11 Å². The third kappa shape index (κ3) is 2.81. The van der Waals surface area contributed by atoms with Gasteiger partial charge in [-0.05, 0) is 38.7 Å². The highest BCUT2D eigenvalue weighted by Gasteiger charge is 2.21. The van der Waals surface area contributed by atoms with Crippen molar-refractivity contribution in [2.75, 3.05) is 18.0 Å². The fourth-order valence-corrected chi connectivity index (χ4v) is 2.51. The normalized spacial score (nSPS) is 17.6. The topological polar surface area (TPSA) is 23.5 Å². The summed E-state index contributed by atoms with van der Waals surface area (Å²) < 4.78 is 0. The Morgan fingerprint density at radius 2 is 2.06 bits per heavy atom. The zero-order chi connectivity index (χ0) is 12.3. The van der Waals surface area contributed by atoms with Crippen LogP contribution in [0.5, 0.6) is 0 Å². The van der Waals surface area contributed by atoms with Gasteiger partial charge in [0.15, 0.2) is 0 Å². The van der Waals surface area contributed by atoms with Crippen LogP contribution in [0, 0.1) is 5.92 Å². The van der Waals surface area contributed by atoms with Crippen LogP contribution in [-0.4, -0.2) is 18.2 Å². The van der Waals surface area contributed by atoms with E-state index in [1.807, 2.05) is 19.1 Å². The number of hydrogen-bond donors (Lipinski definition) is 1. The van der Waals surface area contributed by atoms with Crippen LogP contribution in [0.25, 0.3) is 0 Å². The van der Waals surface area contributed by atoms with Gasteiger partial charge in [0.2, 0.25) is 0 Å². The third-order valence-electron chi connectivity index (χ3n) is 3.81. The van der Waals surface area contributed by atoms with Gasteiger partial charge in [0, 0.05) is 24.3 Å². The first-order valence-corrected chi connectivity index (χ1v) is 6.74. The molecule has 2 heteroatoms. The number of benzene rings is 1. The molecule has 0 aliphatic heterocycles. The zero-order valence-corrected chi connectivity index (χ0v) is 10.9. The van der Waals surface area contributed by atoms with Gasteiger partial charge >= 0.3 is 0 Å². The van der Waals surface area contributed by atoms with E-state index in [0.29, 0.717) is 0 Å². The van der Waals surface area contributed by atoms with Crippen LogP contribution in [0.2, 0.25) is 0 Å². The Bertz CT molecular complexity index is 358. The molecule has 0 aromatic heterocycles. The van der Waals surface area contributed by atoms with Crippen molar-refractivity contribution < 1.29 is 5.11 Å². The van der Waals surface area contributed by atoms with Crippen molar-refractivity contribution in [1.82, 2.24) is 0 Å². The molecule has 0 radical (unpaired) electrons. The van der Waals surface area contributed by atoms with E-state index in [4.69, 9.17) is 0 Å². The van der Waals surface area contributed by atoms with Crippen molar-refractivity contribution in [2.24, 2.45) is 5.92 Å². The lowest BCUT2D eigenvalue weighted by atomic mass is 9.85. The van der Waals surface area contributed by atoms with Crippen molar-refractivity contribution >= 4 is 5.69 Å². The predicted octanol–water partition coefficient (Wildman–Crippen LogP) is 3.37. The van der Waals surface area contributed by atoms with Gasteiger partial charge in [-0.3, -0.25) is 0 Å². The fraction of sp³-hybridized carbons (Fsp3) is 0.600. The van der Waals surface area contributed by atoms with Gasteiger partial charge in [0.1, 0.15) is 0 Å². The second kappa shape index (κ2) is 5.54. The molecule has 2 rings (SSSR count). The number of para-hydroxylation sites is 1. The van der Waals surface area contributed by atoms with Crippen LogP contribution in [0.1, 0.15) is 44.8 Å². The monoisotopic (exact) mass is 233 g/mol. The highest BCUT2D eigenvalue weighted by Crippen LogP contribution is 2.31. The van der Waals surface area contributed by atoms with Crippen molar-refractivity contribution in [1.29, 1.82) is 0 Å². The molecule has 0 heterocycles. The van der Waals surface area contributed by atoms with Crippen molar-refractivity contribution in [3.05, 3.63) is 29.8 Å².